The van der Waals surface area contributed by atoms with E-state index < -0.39 is 5.97 Å². The van der Waals surface area contributed by atoms with Crippen LogP contribution in [0.25, 0.3) is 5.69 Å². The first kappa shape index (κ1) is 25.1. The Labute approximate surface area is 212 Å². The van der Waals surface area contributed by atoms with E-state index in [1.807, 2.05) is 32.0 Å². The fraction of sp³-hybridized carbons (Fsp3) is 0.308. The number of nitrogens with one attached hydrogen (secondary N) is 1. The second-order valence-corrected chi connectivity index (χ2v) is 10.8. The van der Waals surface area contributed by atoms with Crippen molar-refractivity contribution in [1.29, 1.82) is 0 Å². The summed E-state index contributed by atoms with van der Waals surface area (Å²) in [5.74, 6) is -0.779. The lowest BCUT2D eigenvalue weighted by atomic mass is 10.1. The fourth-order valence-corrected chi connectivity index (χ4v) is 5.92. The molecule has 0 saturated carbocycles. The molecule has 0 bridgehead atoms. The molecule has 1 aromatic heterocycles. The first-order valence-corrected chi connectivity index (χ1v) is 13.2. The second-order valence-electron chi connectivity index (χ2n) is 8.39. The number of rotatable bonds is 7. The van der Waals surface area contributed by atoms with Crippen molar-refractivity contribution in [3.8, 4) is 5.69 Å². The van der Waals surface area contributed by atoms with E-state index in [0.717, 1.165) is 28.9 Å². The number of anilines is 1. The molecular weight excluding hydrogens is 482 g/mol. The summed E-state index contributed by atoms with van der Waals surface area (Å²) < 4.78 is 6.69. The Morgan fingerprint density at radius 1 is 1.20 bits per heavy atom. The number of carbonyl (C=O) groups is 2. The van der Waals surface area contributed by atoms with Gasteiger partial charge in [-0.05, 0) is 56.2 Å². The summed E-state index contributed by atoms with van der Waals surface area (Å²) in [5.41, 5.74) is 4.17. The van der Waals surface area contributed by atoms with Crippen LogP contribution in [0.3, 0.4) is 0 Å². The minimum absolute atomic E-state index is 0.0237. The van der Waals surface area contributed by atoms with Crippen LogP contribution in [-0.4, -0.2) is 39.0 Å². The maximum Gasteiger partial charge on any atom is 0.340 e. The van der Waals surface area contributed by atoms with Gasteiger partial charge in [0.1, 0.15) is 0 Å². The molecule has 1 amide bonds. The first-order chi connectivity index (χ1) is 16.8. The van der Waals surface area contributed by atoms with Gasteiger partial charge in [-0.2, -0.15) is 0 Å². The average Bonchev–Trinajstić information content (AvgIpc) is 3.18. The Balaban J connectivity index is 1.62. The number of nitrogens with zero attached hydrogens (tertiary/aromatic N) is 2. The highest BCUT2D eigenvalue weighted by Gasteiger charge is 2.27. The summed E-state index contributed by atoms with van der Waals surface area (Å²) in [7, 11) is 0. The van der Waals surface area contributed by atoms with Gasteiger partial charge < -0.3 is 10.1 Å². The first-order valence-electron chi connectivity index (χ1n) is 11.4. The van der Waals surface area contributed by atoms with Crippen LogP contribution in [0.1, 0.15) is 41.0 Å². The van der Waals surface area contributed by atoms with Crippen molar-refractivity contribution in [2.24, 2.45) is 0 Å². The third kappa shape index (κ3) is 5.62. The van der Waals surface area contributed by atoms with Crippen LogP contribution in [0.5, 0.6) is 0 Å². The van der Waals surface area contributed by atoms with Gasteiger partial charge >= 0.3 is 5.97 Å². The SMILES string of the molecule is CCOC(=O)c1ccccc1NC(=O)CSc1nc2c(c(=O)n1-c1cc(C)cc(C)c1)SC(C)C2. The lowest BCUT2D eigenvalue weighted by molar-refractivity contribution is -0.113. The highest BCUT2D eigenvalue weighted by molar-refractivity contribution is 8.00. The molecule has 2 aromatic carbocycles. The number of ether oxygens (including phenoxy) is 1. The number of fused-ring (bicyclic) bond motifs is 1. The van der Waals surface area contributed by atoms with Crippen LogP contribution in [0.2, 0.25) is 0 Å². The van der Waals surface area contributed by atoms with Gasteiger partial charge in [0, 0.05) is 11.7 Å². The second kappa shape index (κ2) is 10.7. The van der Waals surface area contributed by atoms with Gasteiger partial charge in [-0.3, -0.25) is 14.2 Å². The summed E-state index contributed by atoms with van der Waals surface area (Å²) in [6, 6.07) is 12.7. The van der Waals surface area contributed by atoms with Gasteiger partial charge in [0.25, 0.3) is 5.56 Å². The molecule has 0 fully saturated rings. The van der Waals surface area contributed by atoms with Crippen LogP contribution in [-0.2, 0) is 16.0 Å². The number of amides is 1. The van der Waals surface area contributed by atoms with Crippen molar-refractivity contribution in [2.75, 3.05) is 17.7 Å². The van der Waals surface area contributed by atoms with Crippen LogP contribution in [0, 0.1) is 13.8 Å². The largest absolute Gasteiger partial charge is 0.462 e. The number of carbonyl (C=O) groups excluding carboxylic acids is 2. The monoisotopic (exact) mass is 509 g/mol. The van der Waals surface area contributed by atoms with Crippen molar-refractivity contribution < 1.29 is 14.3 Å². The van der Waals surface area contributed by atoms with Crippen molar-refractivity contribution in [1.82, 2.24) is 9.55 Å². The lowest BCUT2D eigenvalue weighted by Crippen LogP contribution is -2.25. The number of esters is 1. The highest BCUT2D eigenvalue weighted by atomic mass is 32.2. The Bertz CT molecular complexity index is 1330. The molecule has 0 spiro atoms. The van der Waals surface area contributed by atoms with Crippen LogP contribution >= 0.6 is 23.5 Å². The van der Waals surface area contributed by atoms with Gasteiger partial charge in [-0.15, -0.1) is 11.8 Å². The number of benzene rings is 2. The Kier molecular flexibility index (Phi) is 7.66. The third-order valence-electron chi connectivity index (χ3n) is 5.37. The Hall–Kier alpha value is -3.04. The smallest absolute Gasteiger partial charge is 0.340 e. The Morgan fingerprint density at radius 3 is 2.63 bits per heavy atom. The van der Waals surface area contributed by atoms with E-state index in [2.05, 4.69) is 12.2 Å². The van der Waals surface area contributed by atoms with Gasteiger partial charge in [-0.25, -0.2) is 9.78 Å². The molecule has 9 heteroatoms. The number of hydrogen-bond donors (Lipinski definition) is 1. The van der Waals surface area contributed by atoms with Crippen molar-refractivity contribution in [2.45, 2.75) is 49.4 Å². The van der Waals surface area contributed by atoms with Crippen LogP contribution in [0.4, 0.5) is 5.69 Å². The van der Waals surface area contributed by atoms with Crippen molar-refractivity contribution in [3.05, 3.63) is 75.2 Å². The molecule has 35 heavy (non-hydrogen) atoms. The molecule has 182 valence electrons. The minimum atomic E-state index is -0.494. The number of para-hydroxylation sites is 1. The minimum Gasteiger partial charge on any atom is -0.462 e. The molecule has 2 heterocycles. The zero-order valence-electron chi connectivity index (χ0n) is 20.1. The zero-order valence-corrected chi connectivity index (χ0v) is 21.7. The summed E-state index contributed by atoms with van der Waals surface area (Å²) in [6.07, 6.45) is 0.718. The third-order valence-corrected chi connectivity index (χ3v) is 7.53. The van der Waals surface area contributed by atoms with E-state index >= 15 is 0 Å². The maximum absolute atomic E-state index is 13.5. The molecule has 1 atom stereocenters. The normalized spacial score (nSPS) is 14.5. The van der Waals surface area contributed by atoms with Gasteiger partial charge in [0.2, 0.25) is 5.91 Å². The molecule has 0 radical (unpaired) electrons. The quantitative estimate of drug-likeness (QED) is 0.278. The topological polar surface area (TPSA) is 90.3 Å². The number of thioether (sulfide) groups is 2. The van der Waals surface area contributed by atoms with Gasteiger partial charge in [0.15, 0.2) is 5.16 Å². The molecule has 7 nitrogen and oxygen atoms in total. The van der Waals surface area contributed by atoms with E-state index in [1.54, 1.807) is 47.5 Å². The zero-order chi connectivity index (χ0) is 25.1. The molecular formula is C26H27N3O4S2. The van der Waals surface area contributed by atoms with E-state index in [9.17, 15) is 14.4 Å². The van der Waals surface area contributed by atoms with Crippen LogP contribution in [0.15, 0.2) is 57.3 Å². The van der Waals surface area contributed by atoms with E-state index in [-0.39, 0.29) is 29.1 Å². The van der Waals surface area contributed by atoms with Gasteiger partial charge in [-0.1, -0.05) is 36.9 Å². The number of aromatic nitrogens is 2. The summed E-state index contributed by atoms with van der Waals surface area (Å²) in [4.78, 5) is 44.0. The molecule has 1 N–H and O–H groups in total. The average molecular weight is 510 g/mol. The number of aryl methyl sites for hydroxylation is 2. The number of hydrogen-bond acceptors (Lipinski definition) is 7. The summed E-state index contributed by atoms with van der Waals surface area (Å²) in [6.45, 7) is 8.02. The predicted molar refractivity (Wildman–Crippen MR) is 140 cm³/mol. The summed E-state index contributed by atoms with van der Waals surface area (Å²) >= 11 is 2.75. The van der Waals surface area contributed by atoms with Crippen LogP contribution < -0.4 is 10.9 Å². The lowest BCUT2D eigenvalue weighted by Gasteiger charge is -2.15. The van der Waals surface area contributed by atoms with Crippen molar-refractivity contribution >= 4 is 41.1 Å². The Morgan fingerprint density at radius 2 is 1.91 bits per heavy atom. The maximum atomic E-state index is 13.5. The fourth-order valence-electron chi connectivity index (χ4n) is 4.00. The predicted octanol–water partition coefficient (Wildman–Crippen LogP) is 4.79. The molecule has 4 rings (SSSR count). The van der Waals surface area contributed by atoms with Gasteiger partial charge in [0.05, 0.1) is 39.9 Å². The molecule has 1 aliphatic heterocycles. The van der Waals surface area contributed by atoms with Crippen molar-refractivity contribution in [3.63, 3.8) is 0 Å². The molecule has 0 saturated heterocycles. The molecule has 3 aromatic rings. The standard InChI is InChI=1S/C26H27N3O4S2/c1-5-33-25(32)19-8-6-7-9-20(19)27-22(30)14-34-26-28-21-13-17(4)35-23(21)24(31)29(26)18-11-15(2)10-16(3)12-18/h6-12,17H,5,13-14H2,1-4H3,(H,27,30). The van der Waals surface area contributed by atoms with E-state index in [1.165, 1.54) is 11.8 Å². The molecule has 1 aliphatic rings. The van der Waals surface area contributed by atoms with E-state index in [0.29, 0.717) is 21.3 Å². The molecule has 1 unspecified atom stereocenters. The van der Waals surface area contributed by atoms with E-state index in [4.69, 9.17) is 9.72 Å². The molecule has 0 aliphatic carbocycles. The summed E-state index contributed by atoms with van der Waals surface area (Å²) in [5, 5.41) is 3.54. The highest BCUT2D eigenvalue weighted by Crippen LogP contribution is 2.35.